The lowest BCUT2D eigenvalue weighted by atomic mass is 9.76. The van der Waals surface area contributed by atoms with Crippen LogP contribution in [0.15, 0.2) is 168 Å². The summed E-state index contributed by atoms with van der Waals surface area (Å²) >= 11 is 0. The summed E-state index contributed by atoms with van der Waals surface area (Å²) < 4.78 is 0. The molecule has 6 aromatic carbocycles. The highest BCUT2D eigenvalue weighted by Gasteiger charge is 2.47. The fraction of sp³-hybridized carbons (Fsp3) is 0.0357. The van der Waals surface area contributed by atoms with E-state index in [9.17, 15) is 38.4 Å². The highest BCUT2D eigenvalue weighted by Crippen LogP contribution is 2.41. The Bertz CT molecular complexity index is 3560. The summed E-state index contributed by atoms with van der Waals surface area (Å²) in [7, 11) is 0. The maximum absolute atomic E-state index is 13.4. The Kier molecular flexibility index (Phi) is 8.05. The number of ketones is 8. The summed E-state index contributed by atoms with van der Waals surface area (Å²) in [6.07, 6.45) is 6.80. The molecule has 0 fully saturated rings. The van der Waals surface area contributed by atoms with Crippen molar-refractivity contribution in [3.05, 3.63) is 235 Å². The van der Waals surface area contributed by atoms with Gasteiger partial charge < -0.3 is 10.6 Å². The second-order valence-electron chi connectivity index (χ2n) is 17.3. The van der Waals surface area contributed by atoms with Crippen molar-refractivity contribution in [3.63, 3.8) is 0 Å². The number of fused-ring (bicyclic) bond motifs is 14. The van der Waals surface area contributed by atoms with Gasteiger partial charge in [0.25, 0.3) is 0 Å². The van der Waals surface area contributed by atoms with E-state index in [1.807, 2.05) is 0 Å². The molecule has 2 aliphatic heterocycles. The first-order chi connectivity index (χ1) is 33.1. The van der Waals surface area contributed by atoms with E-state index in [1.54, 1.807) is 146 Å². The number of allylic oxidation sites excluding steroid dienone is 4. The minimum atomic E-state index is -0.572. The Balaban J connectivity index is 0.000000134. The molecule has 6 aliphatic carbocycles. The number of hydrogen-bond acceptors (Lipinski definition) is 10. The molecule has 14 rings (SSSR count). The molecule has 0 saturated carbocycles. The summed E-state index contributed by atoms with van der Waals surface area (Å²) in [5.74, 6) is -1.62. The summed E-state index contributed by atoms with van der Waals surface area (Å²) in [4.78, 5) is 113. The van der Waals surface area contributed by atoms with Crippen LogP contribution >= 0.6 is 0 Å². The van der Waals surface area contributed by atoms with Crippen LogP contribution < -0.4 is 20.6 Å². The normalized spacial score (nSPS) is 19.3. The average Bonchev–Trinajstić information content (AvgIpc) is 3.38. The zero-order valence-electron chi connectivity index (χ0n) is 35.3. The Morgan fingerprint density at radius 3 is 0.971 bits per heavy atom. The average molecular weight is 887 g/mol. The van der Waals surface area contributed by atoms with Gasteiger partial charge in [-0.2, -0.15) is 0 Å². The summed E-state index contributed by atoms with van der Waals surface area (Å²) in [5.41, 5.74) is 9.37. The SMILES string of the molecule is O=C1C2=C(C(=O)c3ccccc31)C1Nc3ccc4c(c3[NH+]=C1C=C2)C(=O)c1ccccc1C4=O.O=C1C2=C(C(=O)c3ccccc31)C1Nc3ccc4c(c3[NH+]=C1C=C2)C(=O)c1ccccc1C4=O. The van der Waals surface area contributed by atoms with Gasteiger partial charge in [-0.05, 0) is 36.4 Å². The Hall–Kier alpha value is -9.42. The number of Topliss-reactive ketones (excluding diaryl/α,β-unsaturated/α-hetero) is 4. The van der Waals surface area contributed by atoms with Crippen molar-refractivity contribution in [1.29, 1.82) is 0 Å². The molecule has 2 heterocycles. The first-order valence-electron chi connectivity index (χ1n) is 21.8. The second kappa shape index (κ2) is 14.0. The van der Waals surface area contributed by atoms with Gasteiger partial charge in [0.15, 0.2) is 34.7 Å². The third-order valence-corrected chi connectivity index (χ3v) is 13.8. The zero-order valence-corrected chi connectivity index (χ0v) is 35.3. The van der Waals surface area contributed by atoms with E-state index in [0.717, 1.165) is 0 Å². The third kappa shape index (κ3) is 5.24. The number of rotatable bonds is 0. The maximum Gasteiger partial charge on any atom is 0.239 e. The highest BCUT2D eigenvalue weighted by atomic mass is 16.2. The van der Waals surface area contributed by atoms with Crippen LogP contribution in [0.4, 0.5) is 22.7 Å². The molecule has 8 aliphatic rings. The van der Waals surface area contributed by atoms with Crippen molar-refractivity contribution >= 4 is 80.4 Å². The van der Waals surface area contributed by atoms with Crippen LogP contribution in [-0.2, 0) is 0 Å². The summed E-state index contributed by atoms with van der Waals surface area (Å²) in [6, 6.07) is 32.9. The minimum absolute atomic E-state index is 0.184. The molecular weight excluding hydrogens is 857 g/mol. The molecule has 12 heteroatoms. The lowest BCUT2D eigenvalue weighted by Gasteiger charge is -2.30. The predicted octanol–water partition coefficient (Wildman–Crippen LogP) is 4.71. The van der Waals surface area contributed by atoms with Crippen LogP contribution in [0.3, 0.4) is 0 Å². The van der Waals surface area contributed by atoms with Crippen molar-refractivity contribution in [2.45, 2.75) is 12.1 Å². The number of benzene rings is 6. The van der Waals surface area contributed by atoms with Gasteiger partial charge >= 0.3 is 0 Å². The number of hydrogen-bond donors (Lipinski definition) is 4. The van der Waals surface area contributed by atoms with Crippen molar-refractivity contribution in [2.75, 3.05) is 10.6 Å². The summed E-state index contributed by atoms with van der Waals surface area (Å²) in [5, 5.41) is 6.69. The molecule has 0 aromatic heterocycles. The second-order valence-corrected chi connectivity index (χ2v) is 17.3. The van der Waals surface area contributed by atoms with Gasteiger partial charge in [0, 0.05) is 90.1 Å². The maximum atomic E-state index is 13.4. The van der Waals surface area contributed by atoms with E-state index in [2.05, 4.69) is 20.6 Å². The van der Waals surface area contributed by atoms with Crippen LogP contribution in [0.25, 0.3) is 0 Å². The number of carbonyl (C=O) groups is 8. The molecule has 0 amide bonds. The predicted molar refractivity (Wildman–Crippen MR) is 248 cm³/mol. The van der Waals surface area contributed by atoms with Crippen LogP contribution in [0.2, 0.25) is 0 Å². The van der Waals surface area contributed by atoms with Gasteiger partial charge in [0.1, 0.15) is 34.6 Å². The standard InChI is InChI=1S/2C28H14N2O4/c2*31-25-13-5-1-3-7-15(13)27(33)21-17(25)9-11-19-23(21)29-20-12-10-18-22(24(20)30-19)28(34)16-8-4-2-6-14(16)26(18)32/h2*1-12,23,29H/p+2. The number of carbonyl (C=O) groups excluding carboxylic acids is 8. The Morgan fingerprint density at radius 2 is 0.618 bits per heavy atom. The topological polar surface area (TPSA) is 189 Å². The summed E-state index contributed by atoms with van der Waals surface area (Å²) in [6.45, 7) is 0. The lowest BCUT2D eigenvalue weighted by Crippen LogP contribution is -2.74. The quantitative estimate of drug-likeness (QED) is 0.166. The largest absolute Gasteiger partial charge is 0.364 e. The zero-order chi connectivity index (χ0) is 46.3. The molecule has 0 radical (unpaired) electrons. The van der Waals surface area contributed by atoms with E-state index >= 15 is 0 Å². The van der Waals surface area contributed by atoms with E-state index in [0.29, 0.717) is 123 Å². The Labute approximate surface area is 384 Å². The molecule has 0 bridgehead atoms. The lowest BCUT2D eigenvalue weighted by molar-refractivity contribution is -0.355. The molecular formula is C56H30N4O8+2. The monoisotopic (exact) mass is 886 g/mol. The molecule has 0 spiro atoms. The fourth-order valence-corrected chi connectivity index (χ4v) is 10.6. The van der Waals surface area contributed by atoms with Crippen LogP contribution in [0, 0.1) is 0 Å². The van der Waals surface area contributed by atoms with Gasteiger partial charge in [-0.15, -0.1) is 0 Å². The molecule has 2 unspecified atom stereocenters. The van der Waals surface area contributed by atoms with Crippen LogP contribution in [0.5, 0.6) is 0 Å². The minimum Gasteiger partial charge on any atom is -0.364 e. The van der Waals surface area contributed by atoms with Crippen molar-refractivity contribution in [3.8, 4) is 0 Å². The third-order valence-electron chi connectivity index (χ3n) is 13.8. The van der Waals surface area contributed by atoms with E-state index in [1.165, 1.54) is 0 Å². The van der Waals surface area contributed by atoms with Gasteiger partial charge in [-0.25, -0.2) is 9.98 Å². The smallest absolute Gasteiger partial charge is 0.239 e. The number of anilines is 2. The first-order valence-corrected chi connectivity index (χ1v) is 21.8. The van der Waals surface area contributed by atoms with Crippen LogP contribution in [0.1, 0.15) is 105 Å². The van der Waals surface area contributed by atoms with Gasteiger partial charge in [0.05, 0.1) is 0 Å². The first kappa shape index (κ1) is 39.0. The van der Waals surface area contributed by atoms with E-state index < -0.39 is 12.1 Å². The molecule has 6 aromatic rings. The van der Waals surface area contributed by atoms with E-state index in [4.69, 9.17) is 0 Å². The Morgan fingerprint density at radius 1 is 0.309 bits per heavy atom. The van der Waals surface area contributed by atoms with Gasteiger partial charge in [-0.1, -0.05) is 97.1 Å². The van der Waals surface area contributed by atoms with Gasteiger partial charge in [0.2, 0.25) is 34.4 Å². The van der Waals surface area contributed by atoms with Crippen molar-refractivity contribution < 1.29 is 48.3 Å². The van der Waals surface area contributed by atoms with E-state index in [-0.39, 0.29) is 46.3 Å². The molecule has 320 valence electrons. The molecule has 4 N–H and O–H groups in total. The molecule has 12 nitrogen and oxygen atoms in total. The van der Waals surface area contributed by atoms with Crippen molar-refractivity contribution in [2.24, 2.45) is 0 Å². The highest BCUT2D eigenvalue weighted by molar-refractivity contribution is 6.35. The molecule has 68 heavy (non-hydrogen) atoms. The van der Waals surface area contributed by atoms with Crippen LogP contribution in [-0.4, -0.2) is 69.8 Å². The fourth-order valence-electron chi connectivity index (χ4n) is 10.6. The van der Waals surface area contributed by atoms with Crippen molar-refractivity contribution in [1.82, 2.24) is 0 Å². The molecule has 2 atom stereocenters. The van der Waals surface area contributed by atoms with Gasteiger partial charge in [-0.3, -0.25) is 38.4 Å². The number of nitrogens with one attached hydrogen (secondary N) is 4. The molecule has 0 saturated heterocycles.